The summed E-state index contributed by atoms with van der Waals surface area (Å²) in [6.45, 7) is 1.17. The van der Waals surface area contributed by atoms with E-state index in [4.69, 9.17) is 5.11 Å². The Labute approximate surface area is 76.7 Å². The fourth-order valence-electron chi connectivity index (χ4n) is 0.302. The average Bonchev–Trinajstić information content (AvgIpc) is 1.63. The zero-order valence-electron chi connectivity index (χ0n) is 7.59. The van der Waals surface area contributed by atoms with E-state index in [1.807, 2.05) is 0 Å². The van der Waals surface area contributed by atoms with Gasteiger partial charge in [-0.15, -0.1) is 0 Å². The molecule has 0 heterocycles. The standard InChI is InChI=1S/C5H6O4.Mg.2H/c1-3(6)2-4(7)5(8)9;;;/h2H2,1H3,(H,8,9);;;/q;+2;2*-1. The Bertz CT molecular complexity index is 171. The fourth-order valence-corrected chi connectivity index (χ4v) is 0.302. The zero-order chi connectivity index (χ0) is 7.44. The first-order chi connectivity index (χ1) is 4.04. The number of carbonyl (C=O) groups is 3. The van der Waals surface area contributed by atoms with Crippen molar-refractivity contribution in [3.05, 3.63) is 0 Å². The molecule has 0 aromatic carbocycles. The molecule has 0 spiro atoms. The summed E-state index contributed by atoms with van der Waals surface area (Å²) >= 11 is 0. The summed E-state index contributed by atoms with van der Waals surface area (Å²) in [6, 6.07) is 0. The monoisotopic (exact) mass is 156 g/mol. The molecule has 4 nitrogen and oxygen atoms in total. The van der Waals surface area contributed by atoms with Crippen molar-refractivity contribution in [1.29, 1.82) is 0 Å². The van der Waals surface area contributed by atoms with Crippen molar-refractivity contribution in [1.82, 2.24) is 0 Å². The van der Waals surface area contributed by atoms with Gasteiger partial charge in [0.15, 0.2) is 0 Å². The average molecular weight is 156 g/mol. The van der Waals surface area contributed by atoms with Crippen LogP contribution in [0.2, 0.25) is 0 Å². The molecule has 0 unspecified atom stereocenters. The molecule has 10 heavy (non-hydrogen) atoms. The van der Waals surface area contributed by atoms with E-state index < -0.39 is 24.0 Å². The summed E-state index contributed by atoms with van der Waals surface area (Å²) < 4.78 is 0. The van der Waals surface area contributed by atoms with Gasteiger partial charge >= 0.3 is 29.0 Å². The predicted octanol–water partition coefficient (Wildman–Crippen LogP) is -0.537. The van der Waals surface area contributed by atoms with Crippen LogP contribution >= 0.6 is 0 Å². The van der Waals surface area contributed by atoms with Gasteiger partial charge in [0.2, 0.25) is 5.78 Å². The van der Waals surface area contributed by atoms with Crippen LogP contribution in [-0.4, -0.2) is 45.7 Å². The van der Waals surface area contributed by atoms with E-state index in [1.54, 1.807) is 0 Å². The van der Waals surface area contributed by atoms with E-state index >= 15 is 0 Å². The molecule has 1 N–H and O–H groups in total. The first kappa shape index (κ1) is 12.3. The molecule has 0 aromatic rings. The Balaban J connectivity index is -0.000000107. The number of carboxylic acid groups (broad SMARTS) is 1. The van der Waals surface area contributed by atoms with E-state index in [2.05, 4.69) is 0 Å². The van der Waals surface area contributed by atoms with Crippen molar-refractivity contribution < 1.29 is 22.3 Å². The predicted molar refractivity (Wildman–Crippen MR) is 35.9 cm³/mol. The Morgan fingerprint density at radius 1 is 1.40 bits per heavy atom. The summed E-state index contributed by atoms with van der Waals surface area (Å²) in [7, 11) is 0. The number of aliphatic carboxylic acids is 1. The van der Waals surface area contributed by atoms with E-state index in [9.17, 15) is 14.4 Å². The van der Waals surface area contributed by atoms with Crippen LogP contribution in [-0.2, 0) is 14.4 Å². The third-order valence-corrected chi connectivity index (χ3v) is 0.648. The SMILES string of the molecule is CC(=O)CC(=O)C(=O)O.[H-].[H-].[Mg+2]. The van der Waals surface area contributed by atoms with Crippen LogP contribution in [0.3, 0.4) is 0 Å². The minimum Gasteiger partial charge on any atom is -1.00 e. The normalized spacial score (nSPS) is 7.70. The molecule has 0 rings (SSSR count). The van der Waals surface area contributed by atoms with Crippen molar-refractivity contribution in [3.8, 4) is 0 Å². The molecule has 0 radical (unpaired) electrons. The molecule has 54 valence electrons. The van der Waals surface area contributed by atoms with E-state index in [-0.39, 0.29) is 25.9 Å². The van der Waals surface area contributed by atoms with Gasteiger partial charge in [-0.1, -0.05) is 0 Å². The number of Topliss-reactive ketones (excluding diaryl/α,β-unsaturated/α-hetero) is 2. The van der Waals surface area contributed by atoms with E-state index in [0.717, 1.165) is 0 Å². The Hall–Kier alpha value is -0.424. The summed E-state index contributed by atoms with van der Waals surface area (Å²) in [5.41, 5.74) is 0. The summed E-state index contributed by atoms with van der Waals surface area (Å²) in [5, 5.41) is 7.93. The first-order valence-corrected chi connectivity index (χ1v) is 2.29. The number of rotatable bonds is 3. The van der Waals surface area contributed by atoms with Crippen LogP contribution in [0.4, 0.5) is 0 Å². The second-order valence-corrected chi connectivity index (χ2v) is 1.61. The topological polar surface area (TPSA) is 71.4 Å². The maximum absolute atomic E-state index is 10.1. The van der Waals surface area contributed by atoms with Crippen molar-refractivity contribution in [3.63, 3.8) is 0 Å². The fraction of sp³-hybridized carbons (Fsp3) is 0.400. The van der Waals surface area contributed by atoms with Crippen molar-refractivity contribution in [2.75, 3.05) is 0 Å². The van der Waals surface area contributed by atoms with Gasteiger partial charge in [0.25, 0.3) is 0 Å². The van der Waals surface area contributed by atoms with Crippen LogP contribution < -0.4 is 0 Å². The van der Waals surface area contributed by atoms with Crippen LogP contribution in [0.25, 0.3) is 0 Å². The van der Waals surface area contributed by atoms with E-state index in [1.165, 1.54) is 6.92 Å². The maximum atomic E-state index is 10.1. The summed E-state index contributed by atoms with van der Waals surface area (Å²) in [6.07, 6.45) is -0.505. The van der Waals surface area contributed by atoms with E-state index in [0.29, 0.717) is 0 Å². The van der Waals surface area contributed by atoms with Gasteiger partial charge < -0.3 is 7.96 Å². The molecule has 0 saturated heterocycles. The molecule has 0 aliphatic heterocycles. The molecular weight excluding hydrogens is 148 g/mol. The van der Waals surface area contributed by atoms with Crippen LogP contribution in [0.1, 0.15) is 16.2 Å². The van der Waals surface area contributed by atoms with Gasteiger partial charge in [0.05, 0.1) is 6.42 Å². The molecule has 0 aliphatic rings. The smallest absolute Gasteiger partial charge is 1.00 e. The quantitative estimate of drug-likeness (QED) is 0.339. The molecule has 0 aromatic heterocycles. The molecule has 5 heteroatoms. The van der Waals surface area contributed by atoms with Crippen molar-refractivity contribution >= 4 is 40.6 Å². The van der Waals surface area contributed by atoms with Gasteiger partial charge in [0, 0.05) is 0 Å². The van der Waals surface area contributed by atoms with Crippen LogP contribution in [0.5, 0.6) is 0 Å². The Kier molecular flexibility index (Phi) is 6.59. The minimum absolute atomic E-state index is 0. The summed E-state index contributed by atoms with van der Waals surface area (Å²) in [5.74, 6) is -3.03. The van der Waals surface area contributed by atoms with Gasteiger partial charge in [-0.05, 0) is 6.92 Å². The van der Waals surface area contributed by atoms with Crippen LogP contribution in [0, 0.1) is 0 Å². The van der Waals surface area contributed by atoms with Gasteiger partial charge in [0.1, 0.15) is 5.78 Å². The number of carboxylic acids is 1. The number of hydrogen-bond acceptors (Lipinski definition) is 3. The number of carbonyl (C=O) groups excluding carboxylic acids is 2. The second-order valence-electron chi connectivity index (χ2n) is 1.61. The van der Waals surface area contributed by atoms with Crippen molar-refractivity contribution in [2.45, 2.75) is 13.3 Å². The molecule has 0 atom stereocenters. The Morgan fingerprint density at radius 2 is 1.80 bits per heavy atom. The number of hydrogen-bond donors (Lipinski definition) is 1. The van der Waals surface area contributed by atoms with Gasteiger partial charge in [-0.2, -0.15) is 0 Å². The van der Waals surface area contributed by atoms with Gasteiger partial charge in [-0.3, -0.25) is 9.59 Å². The third kappa shape index (κ3) is 5.71. The molecule has 0 saturated carbocycles. The largest absolute Gasteiger partial charge is 2.00 e. The van der Waals surface area contributed by atoms with Crippen LogP contribution in [0.15, 0.2) is 0 Å². The molecule has 0 aliphatic carbocycles. The van der Waals surface area contributed by atoms with Crippen molar-refractivity contribution in [2.24, 2.45) is 0 Å². The molecular formula is C5H8MgO4. The zero-order valence-corrected chi connectivity index (χ0v) is 7.00. The third-order valence-electron chi connectivity index (χ3n) is 0.648. The first-order valence-electron chi connectivity index (χ1n) is 2.29. The number of ketones is 2. The minimum atomic E-state index is -1.55. The molecule has 0 fully saturated rings. The molecule has 0 amide bonds. The second kappa shape index (κ2) is 5.37. The summed E-state index contributed by atoms with van der Waals surface area (Å²) in [4.78, 5) is 29.9. The maximum Gasteiger partial charge on any atom is 2.00 e. The van der Waals surface area contributed by atoms with Gasteiger partial charge in [-0.25, -0.2) is 4.79 Å². The Morgan fingerprint density at radius 3 is 1.90 bits per heavy atom. The molecule has 0 bridgehead atoms.